The number of aromatic nitrogens is 1. The second kappa shape index (κ2) is 5.55. The minimum absolute atomic E-state index is 0.296. The molecule has 1 atom stereocenters. The van der Waals surface area contributed by atoms with E-state index >= 15 is 0 Å². The summed E-state index contributed by atoms with van der Waals surface area (Å²) in [6, 6.07) is 9.63. The zero-order valence-corrected chi connectivity index (χ0v) is 12.0. The number of hydrazine groups is 1. The average Bonchev–Trinajstić information content (AvgIpc) is 2.91. The molecule has 0 fully saturated rings. The molecular weight excluding hydrogens is 266 g/mol. The van der Waals surface area contributed by atoms with Gasteiger partial charge in [-0.25, -0.2) is 5.43 Å². The van der Waals surface area contributed by atoms with E-state index in [2.05, 4.69) is 23.4 Å². The minimum Gasteiger partial charge on any atom is -0.495 e. The van der Waals surface area contributed by atoms with E-state index < -0.39 is 0 Å². The molecule has 108 valence electrons. The number of ether oxygens (including phenoxy) is 1. The first kappa shape index (κ1) is 13.6. The molecule has 0 amide bonds. The number of hydrogen-bond donors (Lipinski definition) is 2. The largest absolute Gasteiger partial charge is 0.495 e. The Kier molecular flexibility index (Phi) is 3.60. The van der Waals surface area contributed by atoms with Crippen LogP contribution in [0.5, 0.6) is 5.75 Å². The van der Waals surface area contributed by atoms with Crippen molar-refractivity contribution in [1.29, 1.82) is 0 Å². The number of aryl methyl sites for hydroxylation is 1. The molecule has 0 spiro atoms. The van der Waals surface area contributed by atoms with Crippen LogP contribution in [0.1, 0.15) is 22.9 Å². The first-order valence-corrected chi connectivity index (χ1v) is 6.67. The molecule has 21 heavy (non-hydrogen) atoms. The molecule has 5 nitrogen and oxygen atoms in total. The lowest BCUT2D eigenvalue weighted by Gasteiger charge is -2.16. The van der Waals surface area contributed by atoms with Gasteiger partial charge in [-0.1, -0.05) is 11.6 Å². The Morgan fingerprint density at radius 3 is 2.90 bits per heavy atom. The molecule has 3 rings (SSSR count). The number of fused-ring (bicyclic) bond motifs is 1. The number of pyridine rings is 1. The molecule has 0 saturated carbocycles. The van der Waals surface area contributed by atoms with Gasteiger partial charge in [-0.3, -0.25) is 10.8 Å². The molecule has 0 aliphatic rings. The van der Waals surface area contributed by atoms with Crippen LogP contribution in [0.3, 0.4) is 0 Å². The Bertz CT molecular complexity index is 767. The highest BCUT2D eigenvalue weighted by Gasteiger charge is 2.20. The molecule has 0 aliphatic carbocycles. The predicted octanol–water partition coefficient (Wildman–Crippen LogP) is 2.70. The van der Waals surface area contributed by atoms with Crippen LogP contribution in [0, 0.1) is 6.92 Å². The van der Waals surface area contributed by atoms with E-state index in [0.29, 0.717) is 5.75 Å². The maximum atomic E-state index is 5.91. The van der Waals surface area contributed by atoms with E-state index in [4.69, 9.17) is 15.0 Å². The van der Waals surface area contributed by atoms with Gasteiger partial charge in [0.1, 0.15) is 23.1 Å². The van der Waals surface area contributed by atoms with Gasteiger partial charge in [0, 0.05) is 17.1 Å². The Balaban J connectivity index is 2.09. The highest BCUT2D eigenvalue weighted by atomic mass is 16.5. The van der Waals surface area contributed by atoms with Crippen LogP contribution < -0.4 is 16.0 Å². The van der Waals surface area contributed by atoms with Gasteiger partial charge < -0.3 is 9.15 Å². The molecule has 1 aromatic carbocycles. The van der Waals surface area contributed by atoms with Crippen LogP contribution in [0.25, 0.3) is 11.0 Å². The van der Waals surface area contributed by atoms with Crippen LogP contribution in [-0.4, -0.2) is 12.1 Å². The van der Waals surface area contributed by atoms with Crippen molar-refractivity contribution in [3.63, 3.8) is 0 Å². The summed E-state index contributed by atoms with van der Waals surface area (Å²) in [5.41, 5.74) is 5.69. The molecular formula is C16H17N3O2. The monoisotopic (exact) mass is 283 g/mol. The Labute approximate surface area is 122 Å². The van der Waals surface area contributed by atoms with Crippen molar-refractivity contribution in [2.45, 2.75) is 13.0 Å². The number of benzene rings is 1. The lowest BCUT2D eigenvalue weighted by Crippen LogP contribution is -2.28. The van der Waals surface area contributed by atoms with E-state index in [1.807, 2.05) is 24.3 Å². The number of nitrogens with two attached hydrogens (primary N) is 1. The average molecular weight is 283 g/mol. The summed E-state index contributed by atoms with van der Waals surface area (Å²) in [5.74, 6) is 7.13. The van der Waals surface area contributed by atoms with E-state index in [1.165, 1.54) is 5.56 Å². The molecule has 5 heteroatoms. The topological polar surface area (TPSA) is 73.3 Å². The summed E-state index contributed by atoms with van der Waals surface area (Å²) < 4.78 is 11.3. The summed E-state index contributed by atoms with van der Waals surface area (Å²) in [4.78, 5) is 4.06. The van der Waals surface area contributed by atoms with Crippen LogP contribution in [-0.2, 0) is 0 Å². The van der Waals surface area contributed by atoms with Gasteiger partial charge in [-0.2, -0.15) is 0 Å². The Morgan fingerprint density at radius 2 is 2.14 bits per heavy atom. The van der Waals surface area contributed by atoms with Crippen LogP contribution in [0.15, 0.2) is 47.1 Å². The zero-order valence-electron chi connectivity index (χ0n) is 12.0. The van der Waals surface area contributed by atoms with Crippen molar-refractivity contribution >= 4 is 11.0 Å². The smallest absolute Gasteiger partial charge is 0.142 e. The van der Waals surface area contributed by atoms with Crippen molar-refractivity contribution in [2.75, 3.05) is 7.11 Å². The van der Waals surface area contributed by atoms with Gasteiger partial charge >= 0.3 is 0 Å². The number of nitrogens with one attached hydrogen (secondary N) is 1. The normalized spacial score (nSPS) is 12.5. The third-order valence-corrected chi connectivity index (χ3v) is 3.49. The van der Waals surface area contributed by atoms with Gasteiger partial charge in [-0.15, -0.1) is 0 Å². The Morgan fingerprint density at radius 1 is 1.29 bits per heavy atom. The highest BCUT2D eigenvalue weighted by Crippen LogP contribution is 2.32. The summed E-state index contributed by atoms with van der Waals surface area (Å²) in [6.45, 7) is 2.05. The van der Waals surface area contributed by atoms with Crippen LogP contribution in [0.2, 0.25) is 0 Å². The summed E-state index contributed by atoms with van der Waals surface area (Å²) in [5, 5.41) is 1.05. The van der Waals surface area contributed by atoms with Crippen molar-refractivity contribution in [3.8, 4) is 5.75 Å². The van der Waals surface area contributed by atoms with Crippen molar-refractivity contribution in [1.82, 2.24) is 10.4 Å². The van der Waals surface area contributed by atoms with Crippen molar-refractivity contribution in [3.05, 3.63) is 59.6 Å². The van der Waals surface area contributed by atoms with Crippen molar-refractivity contribution in [2.24, 2.45) is 5.84 Å². The fraction of sp³-hybridized carbons (Fsp3) is 0.188. The fourth-order valence-electron chi connectivity index (χ4n) is 2.45. The van der Waals surface area contributed by atoms with Gasteiger partial charge in [0.2, 0.25) is 0 Å². The van der Waals surface area contributed by atoms with Gasteiger partial charge in [0.25, 0.3) is 0 Å². The fourth-order valence-corrected chi connectivity index (χ4v) is 2.45. The summed E-state index contributed by atoms with van der Waals surface area (Å²) in [6.07, 6.45) is 3.36. The molecule has 0 saturated heterocycles. The molecule has 1 unspecified atom stereocenters. The van der Waals surface area contributed by atoms with Crippen LogP contribution >= 0.6 is 0 Å². The highest BCUT2D eigenvalue weighted by molar-refractivity contribution is 5.79. The molecule has 2 aromatic heterocycles. The van der Waals surface area contributed by atoms with E-state index in [1.54, 1.807) is 19.5 Å². The SMILES string of the molecule is COc1cnccc1C(NN)c1cc2cc(C)ccc2o1. The van der Waals surface area contributed by atoms with Crippen molar-refractivity contribution < 1.29 is 9.15 Å². The number of nitrogens with zero attached hydrogens (tertiary/aromatic N) is 1. The lowest BCUT2D eigenvalue weighted by atomic mass is 10.1. The maximum Gasteiger partial charge on any atom is 0.142 e. The number of methoxy groups -OCH3 is 1. The first-order chi connectivity index (χ1) is 10.2. The summed E-state index contributed by atoms with van der Waals surface area (Å²) >= 11 is 0. The number of furan rings is 1. The van der Waals surface area contributed by atoms with Gasteiger partial charge in [0.05, 0.1) is 13.3 Å². The molecule has 0 aliphatic heterocycles. The van der Waals surface area contributed by atoms with E-state index in [0.717, 1.165) is 22.3 Å². The molecule has 0 radical (unpaired) electrons. The summed E-state index contributed by atoms with van der Waals surface area (Å²) in [7, 11) is 1.61. The maximum absolute atomic E-state index is 5.91. The quantitative estimate of drug-likeness (QED) is 0.569. The van der Waals surface area contributed by atoms with Crippen LogP contribution in [0.4, 0.5) is 0 Å². The standard InChI is InChI=1S/C16H17N3O2/c1-10-3-4-13-11(7-10)8-14(21-13)16(19-17)12-5-6-18-9-15(12)20-2/h3-9,16,19H,17H2,1-2H3. The molecule has 3 N–H and O–H groups in total. The predicted molar refractivity (Wildman–Crippen MR) is 80.9 cm³/mol. The molecule has 2 heterocycles. The second-order valence-electron chi connectivity index (χ2n) is 4.91. The Hall–Kier alpha value is -2.37. The minimum atomic E-state index is -0.296. The third kappa shape index (κ3) is 2.49. The van der Waals surface area contributed by atoms with Gasteiger partial charge in [-0.05, 0) is 31.2 Å². The van der Waals surface area contributed by atoms with Gasteiger partial charge in [0.15, 0.2) is 0 Å². The zero-order chi connectivity index (χ0) is 14.8. The number of hydrogen-bond acceptors (Lipinski definition) is 5. The molecule has 3 aromatic rings. The third-order valence-electron chi connectivity index (χ3n) is 3.49. The van der Waals surface area contributed by atoms with E-state index in [-0.39, 0.29) is 6.04 Å². The first-order valence-electron chi connectivity index (χ1n) is 6.67. The lowest BCUT2D eigenvalue weighted by molar-refractivity contribution is 0.395. The molecule has 0 bridgehead atoms. The number of rotatable bonds is 4. The van der Waals surface area contributed by atoms with E-state index in [9.17, 15) is 0 Å². The second-order valence-corrected chi connectivity index (χ2v) is 4.91.